The summed E-state index contributed by atoms with van der Waals surface area (Å²) < 4.78 is 8.96. The monoisotopic (exact) mass is 339 g/mol. The second-order valence-corrected chi connectivity index (χ2v) is 5.70. The Morgan fingerprint density at radius 1 is 1.14 bits per heavy atom. The summed E-state index contributed by atoms with van der Waals surface area (Å²) in [5.41, 5.74) is 2.26. The van der Waals surface area contributed by atoms with E-state index >= 15 is 0 Å². The number of hydrogen-bond acceptors (Lipinski definition) is 1. The van der Waals surface area contributed by atoms with Gasteiger partial charge in [0.2, 0.25) is 0 Å². The van der Waals surface area contributed by atoms with Crippen LogP contribution in [0.2, 0.25) is 0 Å². The van der Waals surface area contributed by atoms with Crippen LogP contribution in [0, 0.1) is 12.3 Å². The lowest BCUT2D eigenvalue weighted by Gasteiger charge is -2.07. The zero-order chi connectivity index (χ0) is 14.7. The van der Waals surface area contributed by atoms with Crippen LogP contribution in [-0.2, 0) is 13.2 Å². The molecule has 2 nitrogen and oxygen atoms in total. The van der Waals surface area contributed by atoms with Crippen molar-refractivity contribution in [1.29, 1.82) is 0 Å². The summed E-state index contributed by atoms with van der Waals surface area (Å²) in [6.45, 7) is 1.14. The van der Waals surface area contributed by atoms with Gasteiger partial charge in [-0.1, -0.05) is 34.0 Å². The predicted molar refractivity (Wildman–Crippen MR) is 89.2 cm³/mol. The van der Waals surface area contributed by atoms with Gasteiger partial charge in [-0.3, -0.25) is 0 Å². The smallest absolute Gasteiger partial charge is 0.120 e. The molecule has 0 saturated carbocycles. The summed E-state index contributed by atoms with van der Waals surface area (Å²) in [6.07, 6.45) is 7.37. The van der Waals surface area contributed by atoms with E-state index in [-0.39, 0.29) is 0 Å². The highest BCUT2D eigenvalue weighted by Crippen LogP contribution is 2.23. The molecule has 0 amide bonds. The van der Waals surface area contributed by atoms with E-state index < -0.39 is 0 Å². The van der Waals surface area contributed by atoms with Crippen LogP contribution in [0.25, 0.3) is 10.9 Å². The Morgan fingerprint density at radius 3 is 2.86 bits per heavy atom. The first kappa shape index (κ1) is 13.8. The molecule has 0 aliphatic heterocycles. The standard InChI is InChI=1S/C18H14BrNO/c1-2-9-20-10-8-15-12-17(6-7-18(15)20)21-13-14-4-3-5-16(19)11-14/h1,3-8,10-12H,9,13H2. The van der Waals surface area contributed by atoms with Crippen LogP contribution in [0.4, 0.5) is 0 Å². The molecule has 2 aromatic carbocycles. The zero-order valence-corrected chi connectivity index (χ0v) is 13.0. The molecule has 0 aliphatic carbocycles. The molecule has 0 atom stereocenters. The van der Waals surface area contributed by atoms with Gasteiger partial charge in [0, 0.05) is 21.6 Å². The molecule has 0 N–H and O–H groups in total. The van der Waals surface area contributed by atoms with Gasteiger partial charge in [0.15, 0.2) is 0 Å². The molecule has 104 valence electrons. The Labute approximate surface area is 132 Å². The molecule has 3 heteroatoms. The molecule has 21 heavy (non-hydrogen) atoms. The van der Waals surface area contributed by atoms with E-state index in [1.807, 2.05) is 47.2 Å². The fourth-order valence-electron chi connectivity index (χ4n) is 2.30. The third kappa shape index (κ3) is 3.12. The Hall–Kier alpha value is -2.18. The third-order valence-corrected chi connectivity index (χ3v) is 3.79. The molecule has 1 aromatic heterocycles. The topological polar surface area (TPSA) is 14.2 Å². The normalized spacial score (nSPS) is 10.5. The summed E-state index contributed by atoms with van der Waals surface area (Å²) in [4.78, 5) is 0. The molecule has 0 saturated heterocycles. The fourth-order valence-corrected chi connectivity index (χ4v) is 2.74. The maximum atomic E-state index is 5.85. The van der Waals surface area contributed by atoms with Crippen molar-refractivity contribution in [2.24, 2.45) is 0 Å². The summed E-state index contributed by atoms with van der Waals surface area (Å²) in [5.74, 6) is 3.52. The molecular weight excluding hydrogens is 326 g/mol. The molecular formula is C18H14BrNO. The number of halogens is 1. The van der Waals surface area contributed by atoms with Crippen LogP contribution in [0.1, 0.15) is 5.56 Å². The molecule has 0 fully saturated rings. The summed E-state index contributed by atoms with van der Waals surface area (Å²) in [6, 6.07) is 16.2. The average molecular weight is 340 g/mol. The van der Waals surface area contributed by atoms with E-state index in [2.05, 4.69) is 34.0 Å². The van der Waals surface area contributed by atoms with Crippen molar-refractivity contribution in [3.63, 3.8) is 0 Å². The fraction of sp³-hybridized carbons (Fsp3) is 0.111. The number of hydrogen-bond donors (Lipinski definition) is 0. The van der Waals surface area contributed by atoms with E-state index in [1.54, 1.807) is 0 Å². The van der Waals surface area contributed by atoms with Gasteiger partial charge in [-0.25, -0.2) is 0 Å². The van der Waals surface area contributed by atoms with Gasteiger partial charge in [0.25, 0.3) is 0 Å². The predicted octanol–water partition coefficient (Wildman–Crippen LogP) is 4.62. The first-order chi connectivity index (χ1) is 10.3. The van der Waals surface area contributed by atoms with Gasteiger partial charge in [-0.2, -0.15) is 0 Å². The largest absolute Gasteiger partial charge is 0.489 e. The molecule has 0 bridgehead atoms. The molecule has 0 spiro atoms. The van der Waals surface area contributed by atoms with Crippen molar-refractivity contribution in [1.82, 2.24) is 4.57 Å². The Kier molecular flexibility index (Phi) is 3.98. The SMILES string of the molecule is C#CCn1ccc2cc(OCc3cccc(Br)c3)ccc21. The Morgan fingerprint density at radius 2 is 2.05 bits per heavy atom. The van der Waals surface area contributed by atoms with Gasteiger partial charge < -0.3 is 9.30 Å². The number of fused-ring (bicyclic) bond motifs is 1. The minimum absolute atomic E-state index is 0.552. The number of rotatable bonds is 4. The van der Waals surface area contributed by atoms with Crippen LogP contribution in [0.5, 0.6) is 5.75 Å². The lowest BCUT2D eigenvalue weighted by molar-refractivity contribution is 0.306. The van der Waals surface area contributed by atoms with Gasteiger partial charge in [0.05, 0.1) is 6.54 Å². The molecule has 3 rings (SSSR count). The highest BCUT2D eigenvalue weighted by molar-refractivity contribution is 9.10. The molecule has 0 radical (unpaired) electrons. The number of terminal acetylenes is 1. The number of nitrogens with zero attached hydrogens (tertiary/aromatic N) is 1. The zero-order valence-electron chi connectivity index (χ0n) is 11.4. The Bertz CT molecular complexity index is 813. The summed E-state index contributed by atoms with van der Waals surface area (Å²) in [5, 5.41) is 1.14. The van der Waals surface area contributed by atoms with Crippen molar-refractivity contribution in [2.45, 2.75) is 13.2 Å². The minimum atomic E-state index is 0.552. The van der Waals surface area contributed by atoms with Crippen LogP contribution < -0.4 is 4.74 Å². The molecule has 0 unspecified atom stereocenters. The van der Waals surface area contributed by atoms with Crippen LogP contribution in [-0.4, -0.2) is 4.57 Å². The van der Waals surface area contributed by atoms with Gasteiger partial charge in [0.1, 0.15) is 12.4 Å². The second-order valence-electron chi connectivity index (χ2n) is 4.79. The van der Waals surface area contributed by atoms with E-state index in [4.69, 9.17) is 11.2 Å². The van der Waals surface area contributed by atoms with Gasteiger partial charge >= 0.3 is 0 Å². The molecule has 1 heterocycles. The lowest BCUT2D eigenvalue weighted by atomic mass is 10.2. The molecule has 0 aliphatic rings. The maximum Gasteiger partial charge on any atom is 0.120 e. The average Bonchev–Trinajstić information content (AvgIpc) is 2.88. The van der Waals surface area contributed by atoms with Crippen LogP contribution in [0.15, 0.2) is 59.2 Å². The quantitative estimate of drug-likeness (QED) is 0.633. The van der Waals surface area contributed by atoms with E-state index in [1.165, 1.54) is 0 Å². The lowest BCUT2D eigenvalue weighted by Crippen LogP contribution is -1.96. The minimum Gasteiger partial charge on any atom is -0.489 e. The maximum absolute atomic E-state index is 5.85. The van der Waals surface area contributed by atoms with E-state index in [0.29, 0.717) is 13.2 Å². The summed E-state index contributed by atoms with van der Waals surface area (Å²) >= 11 is 3.46. The van der Waals surface area contributed by atoms with Crippen molar-refractivity contribution in [3.05, 3.63) is 64.8 Å². The Balaban J connectivity index is 1.77. The molecule has 3 aromatic rings. The number of benzene rings is 2. The van der Waals surface area contributed by atoms with E-state index in [9.17, 15) is 0 Å². The van der Waals surface area contributed by atoms with Crippen molar-refractivity contribution < 1.29 is 4.74 Å². The van der Waals surface area contributed by atoms with Gasteiger partial charge in [-0.05, 0) is 42.0 Å². The number of ether oxygens (including phenoxy) is 1. The highest BCUT2D eigenvalue weighted by atomic mass is 79.9. The first-order valence-corrected chi connectivity index (χ1v) is 7.45. The highest BCUT2D eigenvalue weighted by Gasteiger charge is 2.03. The first-order valence-electron chi connectivity index (χ1n) is 6.66. The van der Waals surface area contributed by atoms with E-state index in [0.717, 1.165) is 26.7 Å². The van der Waals surface area contributed by atoms with Crippen molar-refractivity contribution in [3.8, 4) is 18.1 Å². The number of aromatic nitrogens is 1. The van der Waals surface area contributed by atoms with Gasteiger partial charge in [-0.15, -0.1) is 6.42 Å². The second kappa shape index (κ2) is 6.07. The van der Waals surface area contributed by atoms with Crippen molar-refractivity contribution in [2.75, 3.05) is 0 Å². The van der Waals surface area contributed by atoms with Crippen LogP contribution in [0.3, 0.4) is 0 Å². The van der Waals surface area contributed by atoms with Crippen molar-refractivity contribution >= 4 is 26.8 Å². The third-order valence-electron chi connectivity index (χ3n) is 3.30. The summed E-state index contributed by atoms with van der Waals surface area (Å²) in [7, 11) is 0. The van der Waals surface area contributed by atoms with Crippen LogP contribution >= 0.6 is 15.9 Å².